The Morgan fingerprint density at radius 3 is 2.65 bits per heavy atom. The smallest absolute Gasteiger partial charge is 0.339 e. The molecule has 2 aromatic heterocycles. The van der Waals surface area contributed by atoms with Crippen molar-refractivity contribution in [1.82, 2.24) is 9.97 Å². The zero-order valence-corrected chi connectivity index (χ0v) is 9.25. The third-order valence-electron chi connectivity index (χ3n) is 2.23. The Balaban J connectivity index is 2.32. The van der Waals surface area contributed by atoms with Crippen molar-refractivity contribution in [3.05, 3.63) is 42.2 Å². The van der Waals surface area contributed by atoms with Crippen LogP contribution in [-0.2, 0) is 4.74 Å². The Hall–Kier alpha value is -2.43. The van der Waals surface area contributed by atoms with Gasteiger partial charge in [-0.3, -0.25) is 9.97 Å². The van der Waals surface area contributed by atoms with Crippen LogP contribution in [-0.4, -0.2) is 23.0 Å². The molecule has 0 radical (unpaired) electrons. The van der Waals surface area contributed by atoms with Crippen LogP contribution in [0, 0.1) is 0 Å². The van der Waals surface area contributed by atoms with E-state index in [0.29, 0.717) is 22.6 Å². The zero-order valence-electron chi connectivity index (χ0n) is 9.25. The number of carbonyl (C=O) groups is 1. The van der Waals surface area contributed by atoms with Crippen LogP contribution < -0.4 is 5.73 Å². The standard InChI is InChI=1S/C12H11N3O2/c1-17-12(16)8-2-3-10(15-7-8)11-6-9(13)4-5-14-11/h2-7H,1H3,(H2,13,14). The average molecular weight is 229 g/mol. The summed E-state index contributed by atoms with van der Waals surface area (Å²) in [5.74, 6) is -0.412. The molecule has 0 atom stereocenters. The molecule has 2 rings (SSSR count). The number of esters is 1. The van der Waals surface area contributed by atoms with Crippen LogP contribution in [0.1, 0.15) is 10.4 Å². The summed E-state index contributed by atoms with van der Waals surface area (Å²) in [6, 6.07) is 6.76. The molecule has 5 heteroatoms. The summed E-state index contributed by atoms with van der Waals surface area (Å²) >= 11 is 0. The third kappa shape index (κ3) is 2.39. The maximum absolute atomic E-state index is 11.2. The van der Waals surface area contributed by atoms with Crippen molar-refractivity contribution in [2.75, 3.05) is 12.8 Å². The molecule has 0 bridgehead atoms. The molecule has 0 spiro atoms. The predicted octanol–water partition coefficient (Wildman–Crippen LogP) is 1.51. The van der Waals surface area contributed by atoms with Gasteiger partial charge in [0.25, 0.3) is 0 Å². The van der Waals surface area contributed by atoms with Crippen LogP contribution in [0.15, 0.2) is 36.7 Å². The number of hydrogen-bond donors (Lipinski definition) is 1. The number of aromatic nitrogens is 2. The van der Waals surface area contributed by atoms with Gasteiger partial charge >= 0.3 is 5.97 Å². The first-order valence-corrected chi connectivity index (χ1v) is 4.97. The highest BCUT2D eigenvalue weighted by atomic mass is 16.5. The molecule has 5 nitrogen and oxygen atoms in total. The van der Waals surface area contributed by atoms with E-state index in [1.54, 1.807) is 30.5 Å². The molecule has 0 aromatic carbocycles. The van der Waals surface area contributed by atoms with Gasteiger partial charge in [0.2, 0.25) is 0 Å². The number of pyridine rings is 2. The van der Waals surface area contributed by atoms with E-state index < -0.39 is 5.97 Å². The summed E-state index contributed by atoms with van der Waals surface area (Å²) in [6.45, 7) is 0. The molecule has 2 aromatic rings. The van der Waals surface area contributed by atoms with Crippen LogP contribution in [0.5, 0.6) is 0 Å². The van der Waals surface area contributed by atoms with E-state index in [0.717, 1.165) is 0 Å². The Labute approximate surface area is 98.3 Å². The van der Waals surface area contributed by atoms with E-state index in [9.17, 15) is 4.79 Å². The van der Waals surface area contributed by atoms with Gasteiger partial charge in [0.05, 0.1) is 24.1 Å². The second kappa shape index (κ2) is 4.61. The molecular formula is C12H11N3O2. The van der Waals surface area contributed by atoms with E-state index >= 15 is 0 Å². The van der Waals surface area contributed by atoms with Gasteiger partial charge in [0, 0.05) is 18.1 Å². The molecule has 0 unspecified atom stereocenters. The first kappa shape index (κ1) is 11.1. The van der Waals surface area contributed by atoms with Gasteiger partial charge in [-0.15, -0.1) is 0 Å². The fourth-order valence-electron chi connectivity index (χ4n) is 1.37. The summed E-state index contributed by atoms with van der Waals surface area (Å²) in [7, 11) is 1.33. The van der Waals surface area contributed by atoms with Crippen molar-refractivity contribution >= 4 is 11.7 Å². The summed E-state index contributed by atoms with van der Waals surface area (Å²) < 4.78 is 4.59. The first-order chi connectivity index (χ1) is 8.20. The highest BCUT2D eigenvalue weighted by molar-refractivity contribution is 5.89. The van der Waals surface area contributed by atoms with Crippen molar-refractivity contribution in [1.29, 1.82) is 0 Å². The SMILES string of the molecule is COC(=O)c1ccc(-c2cc(N)ccn2)nc1. The van der Waals surface area contributed by atoms with E-state index in [4.69, 9.17) is 5.73 Å². The normalized spacial score (nSPS) is 9.94. The van der Waals surface area contributed by atoms with Crippen LogP contribution in [0.2, 0.25) is 0 Å². The lowest BCUT2D eigenvalue weighted by atomic mass is 10.2. The molecular weight excluding hydrogens is 218 g/mol. The lowest BCUT2D eigenvalue weighted by Crippen LogP contribution is -2.01. The lowest BCUT2D eigenvalue weighted by molar-refractivity contribution is 0.0600. The lowest BCUT2D eigenvalue weighted by Gasteiger charge is -2.02. The Kier molecular flexibility index (Phi) is 3.00. The molecule has 0 amide bonds. The summed E-state index contributed by atoms with van der Waals surface area (Å²) in [6.07, 6.45) is 3.06. The maximum atomic E-state index is 11.2. The number of methoxy groups -OCH3 is 1. The Morgan fingerprint density at radius 1 is 1.24 bits per heavy atom. The topological polar surface area (TPSA) is 78.1 Å². The second-order valence-electron chi connectivity index (χ2n) is 3.40. The number of carbonyl (C=O) groups excluding carboxylic acids is 1. The van der Waals surface area contributed by atoms with Crippen molar-refractivity contribution < 1.29 is 9.53 Å². The van der Waals surface area contributed by atoms with Gasteiger partial charge in [0.15, 0.2) is 0 Å². The number of hydrogen-bond acceptors (Lipinski definition) is 5. The molecule has 2 N–H and O–H groups in total. The van der Waals surface area contributed by atoms with Crippen molar-refractivity contribution in [3.63, 3.8) is 0 Å². The van der Waals surface area contributed by atoms with E-state index in [1.165, 1.54) is 13.3 Å². The minimum absolute atomic E-state index is 0.403. The van der Waals surface area contributed by atoms with Crippen molar-refractivity contribution in [2.45, 2.75) is 0 Å². The quantitative estimate of drug-likeness (QED) is 0.790. The molecule has 0 saturated heterocycles. The minimum atomic E-state index is -0.412. The summed E-state index contributed by atoms with van der Waals surface area (Å²) in [5, 5.41) is 0. The van der Waals surface area contributed by atoms with E-state index in [1.807, 2.05) is 0 Å². The predicted molar refractivity (Wildman–Crippen MR) is 63.2 cm³/mol. The van der Waals surface area contributed by atoms with E-state index in [2.05, 4.69) is 14.7 Å². The van der Waals surface area contributed by atoms with Gasteiger partial charge in [0.1, 0.15) is 0 Å². The van der Waals surface area contributed by atoms with Gasteiger partial charge < -0.3 is 10.5 Å². The molecule has 2 heterocycles. The number of nitrogen functional groups attached to an aromatic ring is 1. The van der Waals surface area contributed by atoms with Gasteiger partial charge in [-0.2, -0.15) is 0 Å². The van der Waals surface area contributed by atoms with Gasteiger partial charge in [-0.05, 0) is 24.3 Å². The fraction of sp³-hybridized carbons (Fsp3) is 0.0833. The van der Waals surface area contributed by atoms with Crippen LogP contribution in [0.4, 0.5) is 5.69 Å². The number of rotatable bonds is 2. The van der Waals surface area contributed by atoms with Gasteiger partial charge in [-0.25, -0.2) is 4.79 Å². The third-order valence-corrected chi connectivity index (χ3v) is 2.23. The zero-order chi connectivity index (χ0) is 12.3. The van der Waals surface area contributed by atoms with Gasteiger partial charge in [-0.1, -0.05) is 0 Å². The van der Waals surface area contributed by atoms with Crippen molar-refractivity contribution in [2.24, 2.45) is 0 Å². The van der Waals surface area contributed by atoms with Crippen molar-refractivity contribution in [3.8, 4) is 11.4 Å². The molecule has 0 aliphatic carbocycles. The molecule has 0 fully saturated rings. The highest BCUT2D eigenvalue weighted by Crippen LogP contribution is 2.16. The Bertz CT molecular complexity index is 538. The minimum Gasteiger partial charge on any atom is -0.465 e. The first-order valence-electron chi connectivity index (χ1n) is 4.97. The number of nitrogens with two attached hydrogens (primary N) is 1. The Morgan fingerprint density at radius 2 is 2.06 bits per heavy atom. The number of nitrogens with zero attached hydrogens (tertiary/aromatic N) is 2. The molecule has 0 aliphatic heterocycles. The largest absolute Gasteiger partial charge is 0.465 e. The van der Waals surface area contributed by atoms with Crippen LogP contribution in [0.3, 0.4) is 0 Å². The summed E-state index contributed by atoms with van der Waals surface area (Å²) in [4.78, 5) is 19.5. The van der Waals surface area contributed by atoms with E-state index in [-0.39, 0.29) is 0 Å². The number of anilines is 1. The maximum Gasteiger partial charge on any atom is 0.339 e. The molecule has 0 saturated carbocycles. The van der Waals surface area contributed by atoms with Crippen LogP contribution >= 0.6 is 0 Å². The van der Waals surface area contributed by atoms with Crippen LogP contribution in [0.25, 0.3) is 11.4 Å². The molecule has 0 aliphatic rings. The monoisotopic (exact) mass is 229 g/mol. The summed E-state index contributed by atoms with van der Waals surface area (Å²) in [5.41, 5.74) is 8.00. The average Bonchev–Trinajstić information content (AvgIpc) is 2.38. The highest BCUT2D eigenvalue weighted by Gasteiger charge is 2.07. The molecule has 86 valence electrons. The second-order valence-corrected chi connectivity index (χ2v) is 3.40. The fourth-order valence-corrected chi connectivity index (χ4v) is 1.37. The number of ether oxygens (including phenoxy) is 1. The molecule has 17 heavy (non-hydrogen) atoms.